The van der Waals surface area contributed by atoms with E-state index in [0.29, 0.717) is 16.3 Å². The van der Waals surface area contributed by atoms with Crippen molar-refractivity contribution >= 4 is 38.9 Å². The first-order valence-electron chi connectivity index (χ1n) is 8.67. The second kappa shape index (κ2) is 8.46. The minimum Gasteiger partial charge on any atom is -0.321 e. The van der Waals surface area contributed by atoms with E-state index in [9.17, 15) is 13.2 Å². The second-order valence-corrected chi connectivity index (χ2v) is 8.23. The molecule has 1 amide bonds. The topological polar surface area (TPSA) is 66.5 Å². The van der Waals surface area contributed by atoms with Crippen LogP contribution in [0.2, 0.25) is 5.02 Å². The summed E-state index contributed by atoms with van der Waals surface area (Å²) in [5.74, 6) is -0.437. The smallest absolute Gasteiger partial charge is 0.266 e. The normalized spacial score (nSPS) is 11.1. The van der Waals surface area contributed by atoms with E-state index in [1.54, 1.807) is 67.6 Å². The van der Waals surface area contributed by atoms with Gasteiger partial charge in [0.15, 0.2) is 0 Å². The van der Waals surface area contributed by atoms with Crippen LogP contribution in [0, 0.1) is 0 Å². The number of carbonyl (C=O) groups is 1. The third kappa shape index (κ3) is 4.18. The van der Waals surface area contributed by atoms with Crippen molar-refractivity contribution in [2.75, 3.05) is 16.2 Å². The molecule has 3 rings (SSSR count). The molecule has 0 spiro atoms. The Hall–Kier alpha value is -2.83. The highest BCUT2D eigenvalue weighted by molar-refractivity contribution is 7.93. The zero-order valence-corrected chi connectivity index (χ0v) is 16.7. The largest absolute Gasteiger partial charge is 0.321 e. The van der Waals surface area contributed by atoms with Gasteiger partial charge in [0.05, 0.1) is 11.4 Å². The number of nitrogens with zero attached hydrogens (tertiary/aromatic N) is 1. The van der Waals surface area contributed by atoms with Gasteiger partial charge in [0.25, 0.3) is 15.9 Å². The summed E-state index contributed by atoms with van der Waals surface area (Å²) in [6, 6.07) is 21.6. The molecular weight excluding hydrogens is 396 g/mol. The maximum absolute atomic E-state index is 13.3. The third-order valence-electron chi connectivity index (χ3n) is 4.12. The number of anilines is 2. The average molecular weight is 415 g/mol. The molecule has 1 N–H and O–H groups in total. The number of hydrogen-bond donors (Lipinski definition) is 1. The van der Waals surface area contributed by atoms with Gasteiger partial charge >= 0.3 is 0 Å². The van der Waals surface area contributed by atoms with Gasteiger partial charge in [-0.15, -0.1) is 0 Å². The van der Waals surface area contributed by atoms with Crippen LogP contribution in [-0.2, 0) is 10.0 Å². The number of halogens is 1. The lowest BCUT2D eigenvalue weighted by molar-refractivity contribution is 0.102. The van der Waals surface area contributed by atoms with Crippen LogP contribution in [-0.4, -0.2) is 20.9 Å². The van der Waals surface area contributed by atoms with Gasteiger partial charge in [0.2, 0.25) is 0 Å². The van der Waals surface area contributed by atoms with Crippen LogP contribution in [0.15, 0.2) is 83.8 Å². The van der Waals surface area contributed by atoms with E-state index >= 15 is 0 Å². The van der Waals surface area contributed by atoms with Crippen molar-refractivity contribution in [3.8, 4) is 0 Å². The quantitative estimate of drug-likeness (QED) is 0.629. The molecule has 0 saturated heterocycles. The van der Waals surface area contributed by atoms with Crippen LogP contribution >= 0.6 is 11.6 Å². The lowest BCUT2D eigenvalue weighted by Gasteiger charge is -2.24. The molecule has 0 heterocycles. The molecule has 0 atom stereocenters. The first-order chi connectivity index (χ1) is 13.4. The number of nitrogens with one attached hydrogen (secondary N) is 1. The Morgan fingerprint density at radius 3 is 2.32 bits per heavy atom. The standard InChI is InChI=1S/C21H19ClN2O3S/c1-2-24(18-11-4-3-5-12-18)28(26,27)20-14-7-6-13-19(20)23-21(25)16-9-8-10-17(22)15-16/h3-15H,2H2,1H3,(H,23,25). The maximum Gasteiger partial charge on any atom is 0.266 e. The molecule has 0 fully saturated rings. The molecule has 0 unspecified atom stereocenters. The Kier molecular flexibility index (Phi) is 6.02. The Morgan fingerprint density at radius 1 is 0.964 bits per heavy atom. The van der Waals surface area contributed by atoms with Crippen molar-refractivity contribution in [2.45, 2.75) is 11.8 Å². The van der Waals surface area contributed by atoms with Crippen LogP contribution in [0.5, 0.6) is 0 Å². The van der Waals surface area contributed by atoms with E-state index in [2.05, 4.69) is 5.32 Å². The predicted molar refractivity (Wildman–Crippen MR) is 112 cm³/mol. The van der Waals surface area contributed by atoms with E-state index in [4.69, 9.17) is 11.6 Å². The van der Waals surface area contributed by atoms with Gasteiger partial charge < -0.3 is 5.32 Å². The Bertz CT molecular complexity index is 1090. The fourth-order valence-electron chi connectivity index (χ4n) is 2.82. The monoisotopic (exact) mass is 414 g/mol. The predicted octanol–water partition coefficient (Wildman–Crippen LogP) is 4.81. The summed E-state index contributed by atoms with van der Waals surface area (Å²) >= 11 is 5.94. The summed E-state index contributed by atoms with van der Waals surface area (Å²) in [7, 11) is -3.88. The summed E-state index contributed by atoms with van der Waals surface area (Å²) in [6.07, 6.45) is 0. The van der Waals surface area contributed by atoms with E-state index in [0.717, 1.165) is 0 Å². The molecule has 28 heavy (non-hydrogen) atoms. The van der Waals surface area contributed by atoms with Crippen LogP contribution < -0.4 is 9.62 Å². The summed E-state index contributed by atoms with van der Waals surface area (Å²) < 4.78 is 27.9. The average Bonchev–Trinajstić information content (AvgIpc) is 2.69. The molecule has 7 heteroatoms. The summed E-state index contributed by atoms with van der Waals surface area (Å²) in [5.41, 5.74) is 1.11. The lowest BCUT2D eigenvalue weighted by atomic mass is 10.2. The van der Waals surface area contributed by atoms with Crippen molar-refractivity contribution in [3.63, 3.8) is 0 Å². The van der Waals surface area contributed by atoms with E-state index < -0.39 is 15.9 Å². The summed E-state index contributed by atoms with van der Waals surface area (Å²) in [6.45, 7) is 2.01. The van der Waals surface area contributed by atoms with Gasteiger partial charge in [-0.25, -0.2) is 8.42 Å². The number of carbonyl (C=O) groups excluding carboxylic acids is 1. The van der Waals surface area contributed by atoms with E-state index in [-0.39, 0.29) is 17.1 Å². The minimum atomic E-state index is -3.88. The van der Waals surface area contributed by atoms with Gasteiger partial charge in [-0.2, -0.15) is 0 Å². The summed E-state index contributed by atoms with van der Waals surface area (Å²) in [5, 5.41) is 3.11. The van der Waals surface area contributed by atoms with Gasteiger partial charge in [0, 0.05) is 17.1 Å². The number of hydrogen-bond acceptors (Lipinski definition) is 3. The maximum atomic E-state index is 13.3. The van der Waals surface area contributed by atoms with Crippen molar-refractivity contribution in [2.24, 2.45) is 0 Å². The zero-order valence-electron chi connectivity index (χ0n) is 15.2. The molecule has 0 aliphatic rings. The number of para-hydroxylation sites is 2. The Balaban J connectivity index is 1.98. The molecule has 0 aliphatic carbocycles. The Morgan fingerprint density at radius 2 is 1.64 bits per heavy atom. The SMILES string of the molecule is CCN(c1ccccc1)S(=O)(=O)c1ccccc1NC(=O)c1cccc(Cl)c1. The van der Waals surface area contributed by atoms with Crippen molar-refractivity contribution in [3.05, 3.63) is 89.4 Å². The molecule has 3 aromatic carbocycles. The molecule has 0 aliphatic heterocycles. The Labute approximate surface area is 169 Å². The van der Waals surface area contributed by atoms with Gasteiger partial charge in [0.1, 0.15) is 4.90 Å². The van der Waals surface area contributed by atoms with Gasteiger partial charge in [-0.1, -0.05) is 48.0 Å². The van der Waals surface area contributed by atoms with Crippen molar-refractivity contribution in [1.29, 1.82) is 0 Å². The first-order valence-corrected chi connectivity index (χ1v) is 10.5. The fourth-order valence-corrected chi connectivity index (χ4v) is 4.64. The van der Waals surface area contributed by atoms with Crippen LogP contribution in [0.4, 0.5) is 11.4 Å². The number of rotatable bonds is 6. The van der Waals surface area contributed by atoms with Crippen LogP contribution in [0.1, 0.15) is 17.3 Å². The number of benzene rings is 3. The molecule has 144 valence electrons. The minimum absolute atomic E-state index is 0.0241. The molecule has 0 radical (unpaired) electrons. The second-order valence-electron chi connectivity index (χ2n) is 5.97. The lowest BCUT2D eigenvalue weighted by Crippen LogP contribution is -2.31. The number of sulfonamides is 1. The van der Waals surface area contributed by atoms with Gasteiger partial charge in [-0.3, -0.25) is 9.10 Å². The number of amides is 1. The summed E-state index contributed by atoms with van der Waals surface area (Å²) in [4.78, 5) is 12.6. The molecule has 0 aromatic heterocycles. The van der Waals surface area contributed by atoms with Crippen LogP contribution in [0.25, 0.3) is 0 Å². The molecule has 5 nitrogen and oxygen atoms in total. The zero-order chi connectivity index (χ0) is 20.1. The molecular formula is C21H19ClN2O3S. The molecule has 3 aromatic rings. The van der Waals surface area contributed by atoms with Crippen LogP contribution in [0.3, 0.4) is 0 Å². The van der Waals surface area contributed by atoms with E-state index in [1.807, 2.05) is 6.07 Å². The third-order valence-corrected chi connectivity index (χ3v) is 6.32. The highest BCUT2D eigenvalue weighted by atomic mass is 35.5. The highest BCUT2D eigenvalue weighted by Gasteiger charge is 2.26. The molecule has 0 saturated carbocycles. The highest BCUT2D eigenvalue weighted by Crippen LogP contribution is 2.28. The van der Waals surface area contributed by atoms with Crippen molar-refractivity contribution < 1.29 is 13.2 Å². The van der Waals surface area contributed by atoms with Crippen molar-refractivity contribution in [1.82, 2.24) is 0 Å². The molecule has 0 bridgehead atoms. The fraction of sp³-hybridized carbons (Fsp3) is 0.0952. The van der Waals surface area contributed by atoms with E-state index in [1.165, 1.54) is 16.4 Å². The van der Waals surface area contributed by atoms with Gasteiger partial charge in [-0.05, 0) is 49.4 Å². The first kappa shape index (κ1) is 19.9.